The van der Waals surface area contributed by atoms with Gasteiger partial charge in [0.2, 0.25) is 0 Å². The molecule has 1 aromatic rings. The number of rotatable bonds is 4. The van der Waals surface area contributed by atoms with Gasteiger partial charge in [0.1, 0.15) is 0 Å². The Morgan fingerprint density at radius 3 is 2.56 bits per heavy atom. The normalized spacial score (nSPS) is 11.2. The highest BCUT2D eigenvalue weighted by molar-refractivity contribution is 5.90. The number of carboxylic acid groups (broad SMARTS) is 1. The Morgan fingerprint density at radius 2 is 2.12 bits per heavy atom. The molecule has 1 rings (SSSR count). The molecule has 0 spiro atoms. The lowest BCUT2D eigenvalue weighted by Crippen LogP contribution is -2.30. The Hall–Kier alpha value is -1.71. The van der Waals surface area contributed by atoms with Crippen molar-refractivity contribution in [1.82, 2.24) is 0 Å². The number of carbonyl (C=O) groups is 1. The fraction of sp³-hybridized carbons (Fsp3) is 0.417. The molecule has 1 aromatic carbocycles. The predicted molar refractivity (Wildman–Crippen MR) is 65.8 cm³/mol. The molecule has 0 aliphatic carbocycles. The molecule has 0 saturated heterocycles. The van der Waals surface area contributed by atoms with E-state index in [0.29, 0.717) is 5.69 Å². The number of hydrogen-bond donors (Lipinski definition) is 3. The maximum atomic E-state index is 10.7. The molecular formula is C12H18N2O2. The van der Waals surface area contributed by atoms with Crippen molar-refractivity contribution in [2.24, 2.45) is 0 Å². The van der Waals surface area contributed by atoms with Crippen molar-refractivity contribution in [2.45, 2.75) is 32.7 Å². The van der Waals surface area contributed by atoms with Crippen LogP contribution >= 0.6 is 0 Å². The van der Waals surface area contributed by atoms with Gasteiger partial charge in [-0.3, -0.25) is 0 Å². The van der Waals surface area contributed by atoms with Crippen LogP contribution in [0.15, 0.2) is 18.2 Å². The van der Waals surface area contributed by atoms with Crippen LogP contribution in [0.25, 0.3) is 0 Å². The summed E-state index contributed by atoms with van der Waals surface area (Å²) in [5.41, 5.74) is 7.18. The number of nitrogen functional groups attached to an aromatic ring is 1. The molecule has 0 heterocycles. The van der Waals surface area contributed by atoms with E-state index in [4.69, 9.17) is 10.8 Å². The second-order valence-corrected chi connectivity index (χ2v) is 4.47. The summed E-state index contributed by atoms with van der Waals surface area (Å²) in [6.45, 7) is 6.21. The highest BCUT2D eigenvalue weighted by atomic mass is 16.4. The van der Waals surface area contributed by atoms with Crippen LogP contribution in [0.2, 0.25) is 0 Å². The number of carboxylic acids is 1. The molecule has 0 unspecified atom stereocenters. The first-order valence-corrected chi connectivity index (χ1v) is 5.27. The highest BCUT2D eigenvalue weighted by Crippen LogP contribution is 2.24. The molecule has 88 valence electrons. The third-order valence-electron chi connectivity index (χ3n) is 2.66. The topological polar surface area (TPSA) is 75.3 Å². The monoisotopic (exact) mass is 222 g/mol. The van der Waals surface area contributed by atoms with Crippen molar-refractivity contribution >= 4 is 17.3 Å². The standard InChI is InChI=1S/C12H18N2O2/c1-4-12(2,3)14-10-6-5-8(11(15)16)7-9(10)13/h5-7,14H,4,13H2,1-3H3,(H,15,16). The fourth-order valence-electron chi connectivity index (χ4n) is 1.26. The molecule has 0 aromatic heterocycles. The van der Waals surface area contributed by atoms with Crippen molar-refractivity contribution in [3.05, 3.63) is 23.8 Å². The van der Waals surface area contributed by atoms with Crippen molar-refractivity contribution < 1.29 is 9.90 Å². The van der Waals surface area contributed by atoms with Crippen molar-refractivity contribution in [3.63, 3.8) is 0 Å². The minimum Gasteiger partial charge on any atom is -0.478 e. The number of nitrogens with two attached hydrogens (primary N) is 1. The van der Waals surface area contributed by atoms with Gasteiger partial charge in [0.15, 0.2) is 0 Å². The molecule has 0 fully saturated rings. The van der Waals surface area contributed by atoms with E-state index >= 15 is 0 Å². The summed E-state index contributed by atoms with van der Waals surface area (Å²) in [4.78, 5) is 10.7. The summed E-state index contributed by atoms with van der Waals surface area (Å²) in [5.74, 6) is -0.965. The summed E-state index contributed by atoms with van der Waals surface area (Å²) in [6, 6.07) is 4.72. The molecule has 0 aliphatic heterocycles. The minimum atomic E-state index is -0.965. The molecule has 0 aliphatic rings. The Morgan fingerprint density at radius 1 is 1.50 bits per heavy atom. The lowest BCUT2D eigenvalue weighted by Gasteiger charge is -2.26. The van der Waals surface area contributed by atoms with Gasteiger partial charge in [0.25, 0.3) is 0 Å². The number of anilines is 2. The molecule has 4 N–H and O–H groups in total. The van der Waals surface area contributed by atoms with Crippen LogP contribution in [0, 0.1) is 0 Å². The lowest BCUT2D eigenvalue weighted by atomic mass is 10.0. The van der Waals surface area contributed by atoms with Crippen LogP contribution in [0.5, 0.6) is 0 Å². The molecule has 0 amide bonds. The zero-order valence-electron chi connectivity index (χ0n) is 9.87. The van der Waals surface area contributed by atoms with Crippen LogP contribution in [0.1, 0.15) is 37.6 Å². The first-order chi connectivity index (χ1) is 7.35. The summed E-state index contributed by atoms with van der Waals surface area (Å²) in [7, 11) is 0. The van der Waals surface area contributed by atoms with Crippen LogP contribution in [0.4, 0.5) is 11.4 Å². The van der Waals surface area contributed by atoms with E-state index in [9.17, 15) is 4.79 Å². The second kappa shape index (κ2) is 4.43. The maximum Gasteiger partial charge on any atom is 0.335 e. The van der Waals surface area contributed by atoms with Gasteiger partial charge in [-0.05, 0) is 38.5 Å². The van der Waals surface area contributed by atoms with E-state index < -0.39 is 5.97 Å². The summed E-state index contributed by atoms with van der Waals surface area (Å²) >= 11 is 0. The molecule has 0 saturated carbocycles. The summed E-state index contributed by atoms with van der Waals surface area (Å²) in [6.07, 6.45) is 0.952. The third kappa shape index (κ3) is 2.89. The quantitative estimate of drug-likeness (QED) is 0.684. The number of benzene rings is 1. The molecule has 0 radical (unpaired) electrons. The smallest absolute Gasteiger partial charge is 0.335 e. The number of aromatic carboxylic acids is 1. The molecular weight excluding hydrogens is 204 g/mol. The largest absolute Gasteiger partial charge is 0.478 e. The SMILES string of the molecule is CCC(C)(C)Nc1ccc(C(=O)O)cc1N. The zero-order chi connectivity index (χ0) is 12.3. The first kappa shape index (κ1) is 12.4. The molecule has 0 atom stereocenters. The van der Waals surface area contributed by atoms with Crippen LogP contribution in [-0.4, -0.2) is 16.6 Å². The highest BCUT2D eigenvalue weighted by Gasteiger charge is 2.16. The van der Waals surface area contributed by atoms with E-state index in [1.54, 1.807) is 12.1 Å². The number of hydrogen-bond acceptors (Lipinski definition) is 3. The van der Waals surface area contributed by atoms with Gasteiger partial charge in [0, 0.05) is 5.54 Å². The van der Waals surface area contributed by atoms with E-state index in [1.165, 1.54) is 6.07 Å². The van der Waals surface area contributed by atoms with Gasteiger partial charge in [-0.15, -0.1) is 0 Å². The first-order valence-electron chi connectivity index (χ1n) is 5.27. The van der Waals surface area contributed by atoms with Crippen LogP contribution in [-0.2, 0) is 0 Å². The molecule has 4 nitrogen and oxygen atoms in total. The van der Waals surface area contributed by atoms with E-state index in [1.807, 2.05) is 0 Å². The Labute approximate surface area is 95.5 Å². The predicted octanol–water partition coefficient (Wildman–Crippen LogP) is 2.57. The van der Waals surface area contributed by atoms with Gasteiger partial charge in [-0.25, -0.2) is 4.79 Å². The van der Waals surface area contributed by atoms with E-state index in [2.05, 4.69) is 26.1 Å². The fourth-order valence-corrected chi connectivity index (χ4v) is 1.26. The molecule has 0 bridgehead atoms. The third-order valence-corrected chi connectivity index (χ3v) is 2.66. The molecule has 4 heteroatoms. The maximum absolute atomic E-state index is 10.7. The van der Waals surface area contributed by atoms with Crippen LogP contribution < -0.4 is 11.1 Å². The van der Waals surface area contributed by atoms with Crippen molar-refractivity contribution in [2.75, 3.05) is 11.1 Å². The average molecular weight is 222 g/mol. The van der Waals surface area contributed by atoms with Gasteiger partial charge in [-0.2, -0.15) is 0 Å². The number of nitrogens with one attached hydrogen (secondary N) is 1. The van der Waals surface area contributed by atoms with Crippen LogP contribution in [0.3, 0.4) is 0 Å². The van der Waals surface area contributed by atoms with Crippen molar-refractivity contribution in [3.8, 4) is 0 Å². The minimum absolute atomic E-state index is 0.0567. The molecule has 16 heavy (non-hydrogen) atoms. The summed E-state index contributed by atoms with van der Waals surface area (Å²) in [5, 5.41) is 12.1. The lowest BCUT2D eigenvalue weighted by molar-refractivity contribution is 0.0697. The zero-order valence-corrected chi connectivity index (χ0v) is 9.87. The van der Waals surface area contributed by atoms with Gasteiger partial charge in [0.05, 0.1) is 16.9 Å². The van der Waals surface area contributed by atoms with Crippen molar-refractivity contribution in [1.29, 1.82) is 0 Å². The van der Waals surface area contributed by atoms with Gasteiger partial charge < -0.3 is 16.2 Å². The second-order valence-electron chi connectivity index (χ2n) is 4.47. The average Bonchev–Trinajstić information content (AvgIpc) is 2.20. The Bertz CT molecular complexity index is 400. The van der Waals surface area contributed by atoms with Gasteiger partial charge >= 0.3 is 5.97 Å². The summed E-state index contributed by atoms with van der Waals surface area (Å²) < 4.78 is 0. The van der Waals surface area contributed by atoms with E-state index in [0.717, 1.165) is 12.1 Å². The van der Waals surface area contributed by atoms with E-state index in [-0.39, 0.29) is 11.1 Å². The Balaban J connectivity index is 2.96. The van der Waals surface area contributed by atoms with Gasteiger partial charge in [-0.1, -0.05) is 6.92 Å². The Kier molecular flexibility index (Phi) is 3.42.